The lowest BCUT2D eigenvalue weighted by atomic mass is 9.87. The fourth-order valence-corrected chi connectivity index (χ4v) is 2.97. The molecule has 3 aliphatic rings. The van der Waals surface area contributed by atoms with Crippen molar-refractivity contribution in [1.82, 2.24) is 16.0 Å². The summed E-state index contributed by atoms with van der Waals surface area (Å²) in [7, 11) is 0. The zero-order valence-corrected chi connectivity index (χ0v) is 10.6. The van der Waals surface area contributed by atoms with Crippen LogP contribution in [0.25, 0.3) is 0 Å². The summed E-state index contributed by atoms with van der Waals surface area (Å²) in [6.45, 7) is 0. The van der Waals surface area contributed by atoms with Crippen molar-refractivity contribution in [2.24, 2.45) is 0 Å². The van der Waals surface area contributed by atoms with Gasteiger partial charge in [0.25, 0.3) is 0 Å². The average Bonchev–Trinajstić information content (AvgIpc) is 3.14. The van der Waals surface area contributed by atoms with Crippen molar-refractivity contribution < 1.29 is 9.59 Å². The third kappa shape index (κ3) is 2.66. The number of fused-ring (bicyclic) bond motifs is 1. The van der Waals surface area contributed by atoms with Gasteiger partial charge >= 0.3 is 0 Å². The molecule has 1 aliphatic heterocycles. The fraction of sp³-hybridized carbons (Fsp3) is 0.846. The van der Waals surface area contributed by atoms with Crippen LogP contribution in [-0.2, 0) is 9.59 Å². The van der Waals surface area contributed by atoms with E-state index in [9.17, 15) is 9.59 Å². The molecule has 3 fully saturated rings. The number of carbonyl (C=O) groups excluding carboxylic acids is 2. The first-order valence-electron chi connectivity index (χ1n) is 7.08. The molecule has 3 N–H and O–H groups in total. The molecule has 0 radical (unpaired) electrons. The Morgan fingerprint density at radius 2 is 1.89 bits per heavy atom. The molecule has 0 bridgehead atoms. The first kappa shape index (κ1) is 12.0. The Morgan fingerprint density at radius 1 is 1.17 bits per heavy atom. The quantitative estimate of drug-likeness (QED) is 0.664. The second-order valence-corrected chi connectivity index (χ2v) is 5.77. The molecule has 5 nitrogen and oxygen atoms in total. The van der Waals surface area contributed by atoms with Crippen LogP contribution in [0.5, 0.6) is 0 Å². The van der Waals surface area contributed by atoms with Gasteiger partial charge in [0.1, 0.15) is 0 Å². The highest BCUT2D eigenvalue weighted by Crippen LogP contribution is 2.23. The highest BCUT2D eigenvalue weighted by atomic mass is 16.2. The minimum absolute atomic E-state index is 0.000547. The van der Waals surface area contributed by atoms with Gasteiger partial charge in [0.2, 0.25) is 11.8 Å². The number of carbonyl (C=O) groups is 2. The van der Waals surface area contributed by atoms with Crippen LogP contribution in [0, 0.1) is 0 Å². The van der Waals surface area contributed by atoms with E-state index < -0.39 is 0 Å². The van der Waals surface area contributed by atoms with Gasteiger partial charge in [-0.1, -0.05) is 12.8 Å². The third-order valence-electron chi connectivity index (χ3n) is 4.16. The zero-order chi connectivity index (χ0) is 12.5. The molecule has 1 saturated heterocycles. The standard InChI is InChI=1S/C13H21N3O2/c17-12(14-8-5-6-8)7-11-13(18)16-10-4-2-1-3-9(10)15-11/h8-11,15H,1-7H2,(H,14,17)(H,16,18)/t9-,10+,11+/m0/s1. The van der Waals surface area contributed by atoms with E-state index in [4.69, 9.17) is 0 Å². The highest BCUT2D eigenvalue weighted by molar-refractivity contribution is 5.89. The van der Waals surface area contributed by atoms with Gasteiger partial charge in [0.05, 0.1) is 12.5 Å². The molecule has 0 spiro atoms. The summed E-state index contributed by atoms with van der Waals surface area (Å²) >= 11 is 0. The molecule has 0 aromatic carbocycles. The van der Waals surface area contributed by atoms with Crippen molar-refractivity contribution in [3.63, 3.8) is 0 Å². The minimum Gasteiger partial charge on any atom is -0.353 e. The molecule has 100 valence electrons. The Hall–Kier alpha value is -1.10. The summed E-state index contributed by atoms with van der Waals surface area (Å²) in [4.78, 5) is 23.7. The van der Waals surface area contributed by atoms with Gasteiger partial charge in [0.15, 0.2) is 0 Å². The molecule has 3 rings (SSSR count). The van der Waals surface area contributed by atoms with Crippen molar-refractivity contribution in [1.29, 1.82) is 0 Å². The van der Waals surface area contributed by atoms with Crippen LogP contribution in [0.1, 0.15) is 44.9 Å². The summed E-state index contributed by atoms with van der Waals surface area (Å²) < 4.78 is 0. The Balaban J connectivity index is 1.54. The number of hydrogen-bond donors (Lipinski definition) is 3. The molecule has 2 saturated carbocycles. The Morgan fingerprint density at radius 3 is 2.61 bits per heavy atom. The van der Waals surface area contributed by atoms with Crippen molar-refractivity contribution >= 4 is 11.8 Å². The molecular formula is C13H21N3O2. The molecule has 2 aliphatic carbocycles. The molecule has 18 heavy (non-hydrogen) atoms. The van der Waals surface area contributed by atoms with E-state index in [1.807, 2.05) is 0 Å². The number of hydrogen-bond acceptors (Lipinski definition) is 3. The fourth-order valence-electron chi connectivity index (χ4n) is 2.97. The summed E-state index contributed by atoms with van der Waals surface area (Å²) in [6, 6.07) is 0.652. The van der Waals surface area contributed by atoms with Crippen LogP contribution in [-0.4, -0.2) is 36.0 Å². The van der Waals surface area contributed by atoms with Gasteiger partial charge in [-0.3, -0.25) is 9.59 Å². The van der Waals surface area contributed by atoms with E-state index in [0.29, 0.717) is 12.1 Å². The maximum Gasteiger partial charge on any atom is 0.237 e. The van der Waals surface area contributed by atoms with Gasteiger partial charge in [-0.15, -0.1) is 0 Å². The first-order chi connectivity index (χ1) is 8.72. The molecule has 2 amide bonds. The molecular weight excluding hydrogens is 230 g/mol. The summed E-state index contributed by atoms with van der Waals surface area (Å²) in [5, 5.41) is 9.35. The Kier molecular flexibility index (Phi) is 3.24. The predicted octanol–water partition coefficient (Wildman–Crippen LogP) is 0.0543. The van der Waals surface area contributed by atoms with Crippen LogP contribution in [0.3, 0.4) is 0 Å². The van der Waals surface area contributed by atoms with Crippen LogP contribution >= 0.6 is 0 Å². The normalized spacial score (nSPS) is 35.6. The van der Waals surface area contributed by atoms with E-state index in [1.54, 1.807) is 0 Å². The molecule has 0 aromatic heterocycles. The van der Waals surface area contributed by atoms with Crippen molar-refractivity contribution in [3.05, 3.63) is 0 Å². The lowest BCUT2D eigenvalue weighted by molar-refractivity contribution is -0.131. The molecule has 0 aromatic rings. The lowest BCUT2D eigenvalue weighted by Crippen LogP contribution is -2.65. The monoisotopic (exact) mass is 251 g/mol. The van der Waals surface area contributed by atoms with Crippen LogP contribution in [0.15, 0.2) is 0 Å². The van der Waals surface area contributed by atoms with Gasteiger partial charge in [0, 0.05) is 18.1 Å². The SMILES string of the molecule is O=C(C[C@H]1N[C@H]2CCCC[C@H]2NC1=O)NC1CC1. The van der Waals surface area contributed by atoms with Crippen LogP contribution in [0.4, 0.5) is 0 Å². The van der Waals surface area contributed by atoms with Gasteiger partial charge in [-0.2, -0.15) is 0 Å². The van der Waals surface area contributed by atoms with Crippen LogP contribution in [0.2, 0.25) is 0 Å². The van der Waals surface area contributed by atoms with Gasteiger partial charge in [-0.05, 0) is 25.7 Å². The maximum atomic E-state index is 11.9. The predicted molar refractivity (Wildman–Crippen MR) is 66.9 cm³/mol. The Bertz CT molecular complexity index is 354. The third-order valence-corrected chi connectivity index (χ3v) is 4.16. The number of nitrogens with one attached hydrogen (secondary N) is 3. The van der Waals surface area contributed by atoms with Crippen molar-refractivity contribution in [2.75, 3.05) is 0 Å². The number of amides is 2. The van der Waals surface area contributed by atoms with Crippen molar-refractivity contribution in [2.45, 2.75) is 69.1 Å². The Labute approximate surface area is 107 Å². The number of rotatable bonds is 3. The van der Waals surface area contributed by atoms with E-state index in [2.05, 4.69) is 16.0 Å². The smallest absolute Gasteiger partial charge is 0.237 e. The van der Waals surface area contributed by atoms with Gasteiger partial charge < -0.3 is 16.0 Å². The van der Waals surface area contributed by atoms with Crippen molar-refractivity contribution in [3.8, 4) is 0 Å². The largest absolute Gasteiger partial charge is 0.353 e. The highest BCUT2D eigenvalue weighted by Gasteiger charge is 2.37. The zero-order valence-electron chi connectivity index (χ0n) is 10.6. The summed E-state index contributed by atoms with van der Waals surface area (Å²) in [5.74, 6) is -0.0106. The van der Waals surface area contributed by atoms with E-state index in [-0.39, 0.29) is 30.3 Å². The van der Waals surface area contributed by atoms with E-state index in [1.165, 1.54) is 12.8 Å². The maximum absolute atomic E-state index is 11.9. The van der Waals surface area contributed by atoms with E-state index >= 15 is 0 Å². The summed E-state index contributed by atoms with van der Waals surface area (Å²) in [6.07, 6.45) is 7.00. The van der Waals surface area contributed by atoms with E-state index in [0.717, 1.165) is 25.7 Å². The first-order valence-corrected chi connectivity index (χ1v) is 7.08. The summed E-state index contributed by atoms with van der Waals surface area (Å²) in [5.41, 5.74) is 0. The minimum atomic E-state index is -0.344. The number of piperazine rings is 1. The average molecular weight is 251 g/mol. The second kappa shape index (κ2) is 4.88. The lowest BCUT2D eigenvalue weighted by Gasteiger charge is -2.40. The molecule has 5 heteroatoms. The van der Waals surface area contributed by atoms with Gasteiger partial charge in [-0.25, -0.2) is 0 Å². The molecule has 0 unspecified atom stereocenters. The second-order valence-electron chi connectivity index (χ2n) is 5.77. The molecule has 3 atom stereocenters. The van der Waals surface area contributed by atoms with Crippen LogP contribution < -0.4 is 16.0 Å². The molecule has 1 heterocycles. The topological polar surface area (TPSA) is 70.2 Å².